The molecule has 0 aromatic heterocycles. The molecule has 0 saturated heterocycles. The fourth-order valence-corrected chi connectivity index (χ4v) is 2.53. The van der Waals surface area contributed by atoms with Crippen LogP contribution in [-0.4, -0.2) is 6.71 Å². The molecule has 1 aromatic rings. The van der Waals surface area contributed by atoms with E-state index < -0.39 is 0 Å². The van der Waals surface area contributed by atoms with E-state index in [-0.39, 0.29) is 0 Å². The summed E-state index contributed by atoms with van der Waals surface area (Å²) in [7, 11) is 0. The van der Waals surface area contributed by atoms with E-state index in [4.69, 9.17) is 0 Å². The molecule has 0 unspecified atom stereocenters. The minimum absolute atomic E-state index is 0.756. The maximum Gasteiger partial charge on any atom is 0.175 e. The molecule has 1 aromatic carbocycles. The van der Waals surface area contributed by atoms with E-state index in [1.165, 1.54) is 19.1 Å². The Morgan fingerprint density at radius 3 is 2.07 bits per heavy atom. The summed E-state index contributed by atoms with van der Waals surface area (Å²) in [5.74, 6) is 0. The van der Waals surface area contributed by atoms with Gasteiger partial charge in [0.2, 0.25) is 0 Å². The predicted octanol–water partition coefficient (Wildman–Crippen LogP) is 3.55. The molecule has 0 bridgehead atoms. The van der Waals surface area contributed by atoms with Gasteiger partial charge in [0, 0.05) is 0 Å². The van der Waals surface area contributed by atoms with Crippen LogP contribution >= 0.6 is 0 Å². The van der Waals surface area contributed by atoms with Gasteiger partial charge in [-0.2, -0.15) is 0 Å². The van der Waals surface area contributed by atoms with Gasteiger partial charge in [0.1, 0.15) is 0 Å². The van der Waals surface area contributed by atoms with Crippen molar-refractivity contribution in [3.63, 3.8) is 0 Å². The maximum atomic E-state index is 2.33. The van der Waals surface area contributed by atoms with E-state index in [0.717, 1.165) is 13.1 Å². The highest BCUT2D eigenvalue weighted by atomic mass is 14.1. The molecule has 0 nitrogen and oxygen atoms in total. The second-order valence-electron chi connectivity index (χ2n) is 4.21. The highest BCUT2D eigenvalue weighted by Crippen LogP contribution is 2.12. The fourth-order valence-electron chi connectivity index (χ4n) is 2.53. The molecule has 0 aliphatic heterocycles. The number of benzene rings is 1. The summed E-state index contributed by atoms with van der Waals surface area (Å²) in [6.45, 7) is 9.88. The van der Waals surface area contributed by atoms with E-state index in [0.29, 0.717) is 0 Å². The van der Waals surface area contributed by atoms with Gasteiger partial charge in [0.15, 0.2) is 6.71 Å². The summed E-state index contributed by atoms with van der Waals surface area (Å²) in [4.78, 5) is 0. The van der Waals surface area contributed by atoms with Gasteiger partial charge in [-0.15, -0.1) is 0 Å². The Kier molecular flexibility index (Phi) is 4.94. The molecular weight excluding hydrogens is 179 g/mol. The lowest BCUT2D eigenvalue weighted by Gasteiger charge is -2.17. The minimum Gasteiger partial charge on any atom is -0.0767 e. The molecule has 0 heterocycles. The molecule has 82 valence electrons. The summed E-state index contributed by atoms with van der Waals surface area (Å²) in [5.41, 5.74) is 4.75. The molecule has 0 spiro atoms. The Morgan fingerprint density at radius 1 is 0.933 bits per heavy atom. The van der Waals surface area contributed by atoms with Crippen LogP contribution in [0.3, 0.4) is 0 Å². The van der Waals surface area contributed by atoms with Crippen LogP contribution in [0, 0.1) is 0 Å². The second kappa shape index (κ2) is 6.00. The molecular formula is C14H23B. The third-order valence-corrected chi connectivity index (χ3v) is 3.47. The Labute approximate surface area is 95.2 Å². The van der Waals surface area contributed by atoms with Crippen LogP contribution in [0.2, 0.25) is 12.6 Å². The Morgan fingerprint density at radius 2 is 1.60 bits per heavy atom. The third kappa shape index (κ3) is 2.65. The van der Waals surface area contributed by atoms with Crippen LogP contribution in [0.15, 0.2) is 18.2 Å². The topological polar surface area (TPSA) is 0 Å². The molecule has 15 heavy (non-hydrogen) atoms. The quantitative estimate of drug-likeness (QED) is 0.640. The Hall–Kier alpha value is -0.715. The SMILES string of the molecule is CCB(CC)c1cccc(CC)c1CC. The minimum atomic E-state index is 0.756. The molecule has 1 heteroatoms. The normalized spacial score (nSPS) is 10.4. The van der Waals surface area contributed by atoms with Crippen molar-refractivity contribution < 1.29 is 0 Å². The van der Waals surface area contributed by atoms with Crippen molar-refractivity contribution in [1.29, 1.82) is 0 Å². The van der Waals surface area contributed by atoms with Crippen molar-refractivity contribution in [1.82, 2.24) is 0 Å². The molecule has 0 atom stereocenters. The largest absolute Gasteiger partial charge is 0.175 e. The maximum absolute atomic E-state index is 2.33. The highest BCUT2D eigenvalue weighted by Gasteiger charge is 2.15. The highest BCUT2D eigenvalue weighted by molar-refractivity contribution is 6.73. The van der Waals surface area contributed by atoms with Crippen LogP contribution in [-0.2, 0) is 12.8 Å². The van der Waals surface area contributed by atoms with Gasteiger partial charge in [-0.05, 0) is 18.4 Å². The lowest BCUT2D eigenvalue weighted by Crippen LogP contribution is -2.32. The van der Waals surface area contributed by atoms with Crippen LogP contribution in [0.25, 0.3) is 0 Å². The molecule has 0 aliphatic carbocycles. The van der Waals surface area contributed by atoms with E-state index in [1.807, 2.05) is 0 Å². The van der Waals surface area contributed by atoms with Gasteiger partial charge in [-0.25, -0.2) is 0 Å². The van der Waals surface area contributed by atoms with Crippen molar-refractivity contribution in [3.05, 3.63) is 29.3 Å². The summed E-state index contributed by atoms with van der Waals surface area (Å²) in [6, 6.07) is 6.84. The molecule has 0 fully saturated rings. The first kappa shape index (κ1) is 12.4. The van der Waals surface area contributed by atoms with Gasteiger partial charge >= 0.3 is 0 Å². The zero-order valence-corrected chi connectivity index (χ0v) is 10.6. The molecule has 1 rings (SSSR count). The molecule has 0 saturated carbocycles. The average molecular weight is 202 g/mol. The molecule has 0 aliphatic rings. The van der Waals surface area contributed by atoms with E-state index in [1.54, 1.807) is 16.6 Å². The Bertz CT molecular complexity index is 300. The zero-order chi connectivity index (χ0) is 11.3. The van der Waals surface area contributed by atoms with Gasteiger partial charge in [-0.3, -0.25) is 0 Å². The third-order valence-electron chi connectivity index (χ3n) is 3.47. The van der Waals surface area contributed by atoms with Gasteiger partial charge in [0.05, 0.1) is 0 Å². The van der Waals surface area contributed by atoms with Crippen LogP contribution in [0.1, 0.15) is 38.8 Å². The fraction of sp³-hybridized carbons (Fsp3) is 0.571. The lowest BCUT2D eigenvalue weighted by molar-refractivity contribution is 1.04. The molecule has 0 amide bonds. The van der Waals surface area contributed by atoms with Gasteiger partial charge in [-0.1, -0.05) is 69.6 Å². The van der Waals surface area contributed by atoms with E-state index in [2.05, 4.69) is 45.9 Å². The average Bonchev–Trinajstić information content (AvgIpc) is 2.30. The zero-order valence-electron chi connectivity index (χ0n) is 10.6. The second-order valence-corrected chi connectivity index (χ2v) is 4.21. The van der Waals surface area contributed by atoms with Crippen molar-refractivity contribution >= 4 is 12.2 Å². The first-order valence-electron chi connectivity index (χ1n) is 6.38. The number of hydrogen-bond acceptors (Lipinski definition) is 0. The standard InChI is InChI=1S/C14H23B/c1-5-12-10-9-11-14(13(12)6-2)15(7-3)8-4/h9-11H,5-8H2,1-4H3. The van der Waals surface area contributed by atoms with E-state index in [9.17, 15) is 0 Å². The number of aryl methyl sites for hydroxylation is 1. The smallest absolute Gasteiger partial charge is 0.0767 e. The van der Waals surface area contributed by atoms with Crippen molar-refractivity contribution in [2.24, 2.45) is 0 Å². The van der Waals surface area contributed by atoms with E-state index >= 15 is 0 Å². The monoisotopic (exact) mass is 202 g/mol. The van der Waals surface area contributed by atoms with Crippen LogP contribution in [0.4, 0.5) is 0 Å². The summed E-state index contributed by atoms with van der Waals surface area (Å²) >= 11 is 0. The van der Waals surface area contributed by atoms with Crippen molar-refractivity contribution in [3.8, 4) is 0 Å². The van der Waals surface area contributed by atoms with Gasteiger partial charge in [0.25, 0.3) is 0 Å². The number of hydrogen-bond donors (Lipinski definition) is 0. The predicted molar refractivity (Wildman–Crippen MR) is 71.5 cm³/mol. The van der Waals surface area contributed by atoms with Crippen LogP contribution in [0.5, 0.6) is 0 Å². The van der Waals surface area contributed by atoms with Crippen molar-refractivity contribution in [2.75, 3.05) is 0 Å². The first-order chi connectivity index (χ1) is 7.28. The first-order valence-corrected chi connectivity index (χ1v) is 6.38. The lowest BCUT2D eigenvalue weighted by atomic mass is 9.40. The Balaban J connectivity index is 3.15. The summed E-state index contributed by atoms with van der Waals surface area (Å²) in [6.07, 6.45) is 4.86. The number of rotatable bonds is 5. The van der Waals surface area contributed by atoms with Crippen LogP contribution < -0.4 is 5.46 Å². The summed E-state index contributed by atoms with van der Waals surface area (Å²) < 4.78 is 0. The van der Waals surface area contributed by atoms with Crippen molar-refractivity contribution in [2.45, 2.75) is 53.2 Å². The van der Waals surface area contributed by atoms with Gasteiger partial charge < -0.3 is 0 Å². The molecule has 0 N–H and O–H groups in total. The molecule has 0 radical (unpaired) electrons. The summed E-state index contributed by atoms with van der Waals surface area (Å²) in [5, 5.41) is 0.